The Bertz CT molecular complexity index is 1480. The Hall–Kier alpha value is -4.11. The first-order chi connectivity index (χ1) is 15.5. The van der Waals surface area contributed by atoms with Crippen LogP contribution in [0, 0.1) is 12.7 Å². The number of halogens is 2. The molecule has 0 radical (unpaired) electrons. The average molecular weight is 448 g/mol. The van der Waals surface area contributed by atoms with E-state index in [1.807, 2.05) is 31.2 Å². The van der Waals surface area contributed by atoms with E-state index in [-0.39, 0.29) is 10.7 Å². The maximum atomic E-state index is 13.4. The van der Waals surface area contributed by atoms with Crippen molar-refractivity contribution in [2.24, 2.45) is 0 Å². The number of fused-ring (bicyclic) bond motifs is 1. The van der Waals surface area contributed by atoms with Crippen LogP contribution in [0.5, 0.6) is 0 Å². The molecule has 4 aromatic heterocycles. The summed E-state index contributed by atoms with van der Waals surface area (Å²) >= 11 is 5.82. The summed E-state index contributed by atoms with van der Waals surface area (Å²) in [6, 6.07) is 14.8. The largest absolute Gasteiger partial charge is 0.321 e. The van der Waals surface area contributed by atoms with E-state index in [1.165, 1.54) is 24.5 Å². The average Bonchev–Trinajstić information content (AvgIpc) is 3.43. The highest BCUT2D eigenvalue weighted by Crippen LogP contribution is 2.25. The molecule has 1 N–H and O–H groups in total. The minimum Gasteiger partial charge on any atom is -0.321 e. The smallest absolute Gasteiger partial charge is 0.276 e. The normalized spacial score (nSPS) is 11.1. The monoisotopic (exact) mass is 447 g/mol. The molecule has 10 heteroatoms. The zero-order chi connectivity index (χ0) is 22.2. The van der Waals surface area contributed by atoms with Gasteiger partial charge in [0.15, 0.2) is 17.2 Å². The summed E-state index contributed by atoms with van der Waals surface area (Å²) in [7, 11) is 0. The van der Waals surface area contributed by atoms with Crippen molar-refractivity contribution in [2.45, 2.75) is 6.92 Å². The fourth-order valence-corrected chi connectivity index (χ4v) is 3.44. The van der Waals surface area contributed by atoms with Gasteiger partial charge in [0.1, 0.15) is 12.1 Å². The third-order valence-corrected chi connectivity index (χ3v) is 5.07. The van der Waals surface area contributed by atoms with E-state index in [1.54, 1.807) is 27.5 Å². The molecule has 0 aliphatic rings. The van der Waals surface area contributed by atoms with Gasteiger partial charge >= 0.3 is 0 Å². The SMILES string of the molecule is Cc1cccc(-n2nc(C(=O)Nc3ccc(F)c(Cl)c3)cc2-c2ccc3ncnn3c2)n1. The van der Waals surface area contributed by atoms with Crippen LogP contribution in [0.4, 0.5) is 10.1 Å². The summed E-state index contributed by atoms with van der Waals surface area (Å²) < 4.78 is 16.7. The van der Waals surface area contributed by atoms with Gasteiger partial charge in [0, 0.05) is 23.1 Å². The van der Waals surface area contributed by atoms with Crippen LogP contribution in [0.15, 0.2) is 67.1 Å². The number of aromatic nitrogens is 6. The molecule has 0 aliphatic heterocycles. The zero-order valence-corrected chi connectivity index (χ0v) is 17.5. The molecule has 0 unspecified atom stereocenters. The summed E-state index contributed by atoms with van der Waals surface area (Å²) in [4.78, 5) is 21.6. The molecule has 0 fully saturated rings. The molecule has 1 aromatic carbocycles. The van der Waals surface area contributed by atoms with Gasteiger partial charge in [0.05, 0.1) is 10.7 Å². The first-order valence-corrected chi connectivity index (χ1v) is 9.96. The minimum atomic E-state index is -0.565. The lowest BCUT2D eigenvalue weighted by molar-refractivity contribution is 0.102. The number of pyridine rings is 2. The lowest BCUT2D eigenvalue weighted by atomic mass is 10.2. The number of aryl methyl sites for hydroxylation is 1. The highest BCUT2D eigenvalue weighted by atomic mass is 35.5. The molecule has 8 nitrogen and oxygen atoms in total. The fraction of sp³-hybridized carbons (Fsp3) is 0.0455. The Kier molecular flexibility index (Phi) is 4.87. The number of benzene rings is 1. The van der Waals surface area contributed by atoms with E-state index in [2.05, 4.69) is 25.5 Å². The van der Waals surface area contributed by atoms with E-state index in [0.717, 1.165) is 11.3 Å². The first-order valence-electron chi connectivity index (χ1n) is 9.58. The van der Waals surface area contributed by atoms with Crippen LogP contribution in [0.2, 0.25) is 5.02 Å². The molecule has 5 rings (SSSR count). The van der Waals surface area contributed by atoms with Gasteiger partial charge in [0.2, 0.25) is 0 Å². The number of nitrogens with one attached hydrogen (secondary N) is 1. The maximum Gasteiger partial charge on any atom is 0.276 e. The predicted octanol–water partition coefficient (Wildman–Crippen LogP) is 4.33. The number of hydrogen-bond acceptors (Lipinski definition) is 5. The molecule has 1 amide bonds. The third-order valence-electron chi connectivity index (χ3n) is 4.78. The standard InChI is InChI=1S/C22H15ClFN7O/c1-13-3-2-4-21(27-13)31-19(14-5-8-20-25-12-26-30(20)11-14)10-18(29-31)22(32)28-15-6-7-17(24)16(23)9-15/h2-12H,1H3,(H,28,32). The number of carbonyl (C=O) groups is 1. The van der Waals surface area contributed by atoms with Crippen LogP contribution in [0.25, 0.3) is 22.7 Å². The Morgan fingerprint density at radius 3 is 2.81 bits per heavy atom. The number of anilines is 1. The lowest BCUT2D eigenvalue weighted by Crippen LogP contribution is -2.13. The van der Waals surface area contributed by atoms with E-state index in [4.69, 9.17) is 11.6 Å². The van der Waals surface area contributed by atoms with Crippen LogP contribution >= 0.6 is 11.6 Å². The van der Waals surface area contributed by atoms with Gasteiger partial charge in [0.25, 0.3) is 5.91 Å². The van der Waals surface area contributed by atoms with E-state index in [0.29, 0.717) is 22.8 Å². The number of amides is 1. The van der Waals surface area contributed by atoms with Crippen LogP contribution in [0.1, 0.15) is 16.2 Å². The Labute approximate surface area is 186 Å². The Morgan fingerprint density at radius 2 is 2.00 bits per heavy atom. The van der Waals surface area contributed by atoms with Crippen LogP contribution < -0.4 is 5.32 Å². The Morgan fingerprint density at radius 1 is 1.12 bits per heavy atom. The molecule has 32 heavy (non-hydrogen) atoms. The van der Waals surface area contributed by atoms with Gasteiger partial charge in [-0.15, -0.1) is 0 Å². The van der Waals surface area contributed by atoms with Gasteiger partial charge < -0.3 is 5.32 Å². The summed E-state index contributed by atoms with van der Waals surface area (Å²) in [6.07, 6.45) is 3.26. The van der Waals surface area contributed by atoms with Crippen molar-refractivity contribution in [2.75, 3.05) is 5.32 Å². The first kappa shape index (κ1) is 19.8. The molecule has 5 aromatic rings. The maximum absolute atomic E-state index is 13.4. The molecule has 4 heterocycles. The van der Waals surface area contributed by atoms with Crippen LogP contribution in [0.3, 0.4) is 0 Å². The quantitative estimate of drug-likeness (QED) is 0.443. The second kappa shape index (κ2) is 7.86. The van der Waals surface area contributed by atoms with Crippen molar-refractivity contribution in [3.05, 3.63) is 89.3 Å². The molecule has 0 saturated carbocycles. The molecule has 0 aliphatic carbocycles. The second-order valence-electron chi connectivity index (χ2n) is 7.03. The van der Waals surface area contributed by atoms with Crippen molar-refractivity contribution in [3.63, 3.8) is 0 Å². The Balaban J connectivity index is 1.58. The molecule has 0 spiro atoms. The highest BCUT2D eigenvalue weighted by Gasteiger charge is 2.19. The van der Waals surface area contributed by atoms with Crippen molar-refractivity contribution in [3.8, 4) is 17.1 Å². The summed E-state index contributed by atoms with van der Waals surface area (Å²) in [5.74, 6) is -0.477. The zero-order valence-electron chi connectivity index (χ0n) is 16.7. The molecule has 158 valence electrons. The van der Waals surface area contributed by atoms with Crippen molar-refractivity contribution in [1.29, 1.82) is 0 Å². The van der Waals surface area contributed by atoms with Crippen molar-refractivity contribution in [1.82, 2.24) is 29.4 Å². The highest BCUT2D eigenvalue weighted by molar-refractivity contribution is 6.31. The number of hydrogen-bond donors (Lipinski definition) is 1. The van der Waals surface area contributed by atoms with Crippen LogP contribution in [-0.4, -0.2) is 35.3 Å². The third kappa shape index (κ3) is 3.69. The van der Waals surface area contributed by atoms with Crippen molar-refractivity contribution < 1.29 is 9.18 Å². The second-order valence-corrected chi connectivity index (χ2v) is 7.43. The van der Waals surface area contributed by atoms with Gasteiger partial charge in [-0.2, -0.15) is 10.2 Å². The number of nitrogens with zero attached hydrogens (tertiary/aromatic N) is 6. The number of rotatable bonds is 4. The van der Waals surface area contributed by atoms with Gasteiger partial charge in [-0.05, 0) is 55.5 Å². The van der Waals surface area contributed by atoms with Crippen molar-refractivity contribution >= 4 is 28.8 Å². The molecular weight excluding hydrogens is 433 g/mol. The van der Waals surface area contributed by atoms with Crippen LogP contribution in [-0.2, 0) is 0 Å². The van der Waals surface area contributed by atoms with E-state index in [9.17, 15) is 9.18 Å². The molecule has 0 bridgehead atoms. The number of carbonyl (C=O) groups excluding carboxylic acids is 1. The predicted molar refractivity (Wildman–Crippen MR) is 117 cm³/mol. The van der Waals surface area contributed by atoms with E-state index < -0.39 is 11.7 Å². The van der Waals surface area contributed by atoms with E-state index >= 15 is 0 Å². The molecule has 0 saturated heterocycles. The molecule has 0 atom stereocenters. The summed E-state index contributed by atoms with van der Waals surface area (Å²) in [6.45, 7) is 1.88. The minimum absolute atomic E-state index is 0.0842. The summed E-state index contributed by atoms with van der Waals surface area (Å²) in [5.41, 5.74) is 3.42. The summed E-state index contributed by atoms with van der Waals surface area (Å²) in [5, 5.41) is 11.3. The fourth-order valence-electron chi connectivity index (χ4n) is 3.26. The van der Waals surface area contributed by atoms with Gasteiger partial charge in [-0.25, -0.2) is 23.6 Å². The van der Waals surface area contributed by atoms with Gasteiger partial charge in [-0.1, -0.05) is 17.7 Å². The van der Waals surface area contributed by atoms with Gasteiger partial charge in [-0.3, -0.25) is 4.79 Å². The molecular formula is C22H15ClFN7O. The topological polar surface area (TPSA) is 90.0 Å². The lowest BCUT2D eigenvalue weighted by Gasteiger charge is -2.07.